The van der Waals surface area contributed by atoms with Crippen LogP contribution < -0.4 is 0 Å². The summed E-state index contributed by atoms with van der Waals surface area (Å²) in [7, 11) is 0. The summed E-state index contributed by atoms with van der Waals surface area (Å²) in [4.78, 5) is 4.45. The van der Waals surface area contributed by atoms with Crippen LogP contribution >= 0.6 is 0 Å². The highest BCUT2D eigenvalue weighted by Crippen LogP contribution is 2.26. The summed E-state index contributed by atoms with van der Waals surface area (Å²) < 4.78 is 0. The van der Waals surface area contributed by atoms with Crippen molar-refractivity contribution in [3.05, 3.63) is 66.4 Å². The van der Waals surface area contributed by atoms with Crippen molar-refractivity contribution in [2.24, 2.45) is 0 Å². The number of aromatic nitrogens is 1. The zero-order valence-electron chi connectivity index (χ0n) is 10.2. The van der Waals surface area contributed by atoms with Crippen molar-refractivity contribution in [1.82, 2.24) is 4.98 Å². The third-order valence-corrected chi connectivity index (χ3v) is 2.90. The van der Waals surface area contributed by atoms with Gasteiger partial charge in [-0.05, 0) is 43.0 Å². The molecule has 2 rings (SSSR count). The van der Waals surface area contributed by atoms with E-state index in [1.165, 1.54) is 16.7 Å². The molecule has 1 heteroatoms. The van der Waals surface area contributed by atoms with E-state index in [1.807, 2.05) is 24.4 Å². The molecule has 0 aliphatic carbocycles. The van der Waals surface area contributed by atoms with E-state index in [0.717, 1.165) is 18.5 Å². The number of hydrogen-bond acceptors (Lipinski definition) is 1. The average molecular weight is 223 g/mol. The SMILES string of the molecule is C=CCCc1cccc(C)c1-c1ccccn1. The van der Waals surface area contributed by atoms with Crippen LogP contribution in [0.15, 0.2) is 55.3 Å². The lowest BCUT2D eigenvalue weighted by Gasteiger charge is -2.11. The first kappa shape index (κ1) is 11.6. The van der Waals surface area contributed by atoms with E-state index in [9.17, 15) is 0 Å². The number of nitrogens with zero attached hydrogens (tertiary/aromatic N) is 1. The Labute approximate surface area is 103 Å². The Hall–Kier alpha value is -1.89. The fourth-order valence-corrected chi connectivity index (χ4v) is 2.07. The van der Waals surface area contributed by atoms with Crippen LogP contribution in [-0.4, -0.2) is 4.98 Å². The second-order valence-corrected chi connectivity index (χ2v) is 4.15. The molecule has 86 valence electrons. The van der Waals surface area contributed by atoms with Crippen molar-refractivity contribution in [1.29, 1.82) is 0 Å². The molecule has 0 radical (unpaired) electrons. The van der Waals surface area contributed by atoms with E-state index in [4.69, 9.17) is 0 Å². The third-order valence-electron chi connectivity index (χ3n) is 2.90. The summed E-state index contributed by atoms with van der Waals surface area (Å²) in [6.07, 6.45) is 5.84. The minimum Gasteiger partial charge on any atom is -0.256 e. The van der Waals surface area contributed by atoms with Gasteiger partial charge < -0.3 is 0 Å². The maximum Gasteiger partial charge on any atom is 0.0707 e. The van der Waals surface area contributed by atoms with Gasteiger partial charge in [0.05, 0.1) is 5.69 Å². The van der Waals surface area contributed by atoms with Crippen LogP contribution in [0.5, 0.6) is 0 Å². The van der Waals surface area contributed by atoms with Crippen molar-refractivity contribution < 1.29 is 0 Å². The fraction of sp³-hybridized carbons (Fsp3) is 0.188. The Morgan fingerprint density at radius 1 is 1.18 bits per heavy atom. The highest BCUT2D eigenvalue weighted by molar-refractivity contribution is 5.67. The second-order valence-electron chi connectivity index (χ2n) is 4.15. The molecular formula is C16H17N. The Morgan fingerprint density at radius 3 is 2.76 bits per heavy atom. The Bertz CT molecular complexity index is 500. The van der Waals surface area contributed by atoms with Gasteiger partial charge in [-0.3, -0.25) is 4.98 Å². The Balaban J connectivity index is 2.47. The van der Waals surface area contributed by atoms with Crippen molar-refractivity contribution >= 4 is 0 Å². The van der Waals surface area contributed by atoms with Gasteiger partial charge >= 0.3 is 0 Å². The molecule has 1 nitrogen and oxygen atoms in total. The first-order valence-electron chi connectivity index (χ1n) is 5.93. The molecule has 0 saturated carbocycles. The molecule has 1 aromatic heterocycles. The number of hydrogen-bond donors (Lipinski definition) is 0. The van der Waals surface area contributed by atoms with Gasteiger partial charge in [0.2, 0.25) is 0 Å². The van der Waals surface area contributed by atoms with E-state index in [2.05, 4.69) is 42.8 Å². The molecule has 0 amide bonds. The van der Waals surface area contributed by atoms with E-state index in [1.54, 1.807) is 0 Å². The quantitative estimate of drug-likeness (QED) is 0.709. The van der Waals surface area contributed by atoms with Gasteiger partial charge in [-0.1, -0.05) is 30.3 Å². The van der Waals surface area contributed by atoms with E-state index in [-0.39, 0.29) is 0 Å². The van der Waals surface area contributed by atoms with Crippen LogP contribution in [0.3, 0.4) is 0 Å². The van der Waals surface area contributed by atoms with Crippen molar-refractivity contribution in [3.8, 4) is 11.3 Å². The van der Waals surface area contributed by atoms with Crippen LogP contribution in [0.2, 0.25) is 0 Å². The molecule has 2 aromatic rings. The second kappa shape index (κ2) is 5.44. The molecule has 17 heavy (non-hydrogen) atoms. The van der Waals surface area contributed by atoms with Crippen LogP contribution in [0.25, 0.3) is 11.3 Å². The molecule has 0 N–H and O–H groups in total. The fourth-order valence-electron chi connectivity index (χ4n) is 2.07. The van der Waals surface area contributed by atoms with Gasteiger partial charge in [0, 0.05) is 11.8 Å². The van der Waals surface area contributed by atoms with Gasteiger partial charge in [-0.2, -0.15) is 0 Å². The van der Waals surface area contributed by atoms with Gasteiger partial charge in [-0.15, -0.1) is 6.58 Å². The summed E-state index contributed by atoms with van der Waals surface area (Å²) in [5, 5.41) is 0. The molecule has 1 aromatic carbocycles. The summed E-state index contributed by atoms with van der Waals surface area (Å²) >= 11 is 0. The molecular weight excluding hydrogens is 206 g/mol. The van der Waals surface area contributed by atoms with E-state index in [0.29, 0.717) is 0 Å². The minimum absolute atomic E-state index is 1.00. The molecule has 0 atom stereocenters. The van der Waals surface area contributed by atoms with E-state index >= 15 is 0 Å². The van der Waals surface area contributed by atoms with Crippen LogP contribution in [0, 0.1) is 6.92 Å². The zero-order valence-corrected chi connectivity index (χ0v) is 10.2. The number of pyridine rings is 1. The maximum atomic E-state index is 4.45. The lowest BCUT2D eigenvalue weighted by Crippen LogP contribution is -1.94. The van der Waals surface area contributed by atoms with Crippen LogP contribution in [0.4, 0.5) is 0 Å². The van der Waals surface area contributed by atoms with Crippen molar-refractivity contribution in [2.45, 2.75) is 19.8 Å². The number of benzene rings is 1. The third kappa shape index (κ3) is 2.62. The van der Waals surface area contributed by atoms with Gasteiger partial charge in [0.25, 0.3) is 0 Å². The van der Waals surface area contributed by atoms with Crippen molar-refractivity contribution in [2.75, 3.05) is 0 Å². The average Bonchev–Trinajstić information content (AvgIpc) is 2.37. The zero-order chi connectivity index (χ0) is 12.1. The smallest absolute Gasteiger partial charge is 0.0707 e. The highest BCUT2D eigenvalue weighted by Gasteiger charge is 2.07. The van der Waals surface area contributed by atoms with Crippen molar-refractivity contribution in [3.63, 3.8) is 0 Å². The number of aryl methyl sites for hydroxylation is 2. The highest BCUT2D eigenvalue weighted by atomic mass is 14.7. The van der Waals surface area contributed by atoms with Gasteiger partial charge in [0.15, 0.2) is 0 Å². The lowest BCUT2D eigenvalue weighted by molar-refractivity contribution is 1.00. The van der Waals surface area contributed by atoms with E-state index < -0.39 is 0 Å². The summed E-state index contributed by atoms with van der Waals surface area (Å²) in [5.74, 6) is 0. The van der Waals surface area contributed by atoms with Crippen LogP contribution in [0.1, 0.15) is 17.5 Å². The molecule has 0 aliphatic heterocycles. The molecule has 0 unspecified atom stereocenters. The minimum atomic E-state index is 1.00. The summed E-state index contributed by atoms with van der Waals surface area (Å²) in [6.45, 7) is 5.93. The largest absolute Gasteiger partial charge is 0.256 e. The predicted octanol–water partition coefficient (Wildman–Crippen LogP) is 4.18. The van der Waals surface area contributed by atoms with Gasteiger partial charge in [0.1, 0.15) is 0 Å². The monoisotopic (exact) mass is 223 g/mol. The number of rotatable bonds is 4. The predicted molar refractivity (Wildman–Crippen MR) is 72.9 cm³/mol. The van der Waals surface area contributed by atoms with Crippen LogP contribution in [-0.2, 0) is 6.42 Å². The first-order valence-corrected chi connectivity index (χ1v) is 5.93. The molecule has 0 bridgehead atoms. The normalized spacial score (nSPS) is 10.2. The Kier molecular flexibility index (Phi) is 3.71. The molecule has 1 heterocycles. The molecule has 0 fully saturated rings. The lowest BCUT2D eigenvalue weighted by atomic mass is 9.95. The summed E-state index contributed by atoms with van der Waals surface area (Å²) in [5.41, 5.74) is 4.97. The molecule has 0 saturated heterocycles. The molecule has 0 spiro atoms. The first-order chi connectivity index (χ1) is 8.33. The summed E-state index contributed by atoms with van der Waals surface area (Å²) in [6, 6.07) is 12.5. The Morgan fingerprint density at radius 2 is 2.06 bits per heavy atom. The van der Waals surface area contributed by atoms with Gasteiger partial charge in [-0.25, -0.2) is 0 Å². The number of allylic oxidation sites excluding steroid dienone is 1. The molecule has 0 aliphatic rings. The standard InChI is InChI=1S/C16H17N/c1-3-4-9-14-10-7-8-13(2)16(14)15-11-5-6-12-17-15/h3,5-8,10-12H,1,4,9H2,2H3. The maximum absolute atomic E-state index is 4.45. The topological polar surface area (TPSA) is 12.9 Å².